The van der Waals surface area contributed by atoms with Crippen LogP contribution in [0.3, 0.4) is 0 Å². The van der Waals surface area contributed by atoms with Crippen molar-refractivity contribution in [2.45, 2.75) is 98.3 Å². The second-order valence-electron chi connectivity index (χ2n) is 8.52. The minimum Gasteiger partial charge on any atom is -0.0654 e. The number of rotatable bonds is 10. The Labute approximate surface area is 167 Å². The molecule has 0 saturated carbocycles. The summed E-state index contributed by atoms with van der Waals surface area (Å²) in [5.41, 5.74) is 12.8. The summed E-state index contributed by atoms with van der Waals surface area (Å²) < 4.78 is 0. The summed E-state index contributed by atoms with van der Waals surface area (Å²) in [7, 11) is 0. The van der Waals surface area contributed by atoms with E-state index >= 15 is 0 Å². The molecule has 0 heterocycles. The van der Waals surface area contributed by atoms with Crippen molar-refractivity contribution in [3.63, 3.8) is 0 Å². The van der Waals surface area contributed by atoms with Gasteiger partial charge in [-0.05, 0) is 90.5 Å². The largest absolute Gasteiger partial charge is 0.0654 e. The zero-order valence-electron chi connectivity index (χ0n) is 18.1. The average Bonchev–Trinajstić information content (AvgIpc) is 3.07. The van der Waals surface area contributed by atoms with Gasteiger partial charge in [0.15, 0.2) is 0 Å². The lowest BCUT2D eigenvalue weighted by molar-refractivity contribution is 0.647. The van der Waals surface area contributed by atoms with Crippen LogP contribution in [-0.2, 0) is 19.3 Å². The molecule has 0 unspecified atom stereocenters. The van der Waals surface area contributed by atoms with E-state index in [-0.39, 0.29) is 0 Å². The molecule has 0 radical (unpaired) electrons. The Morgan fingerprint density at radius 1 is 0.704 bits per heavy atom. The van der Waals surface area contributed by atoms with Crippen LogP contribution in [0.4, 0.5) is 0 Å². The highest BCUT2D eigenvalue weighted by Gasteiger charge is 2.26. The highest BCUT2D eigenvalue weighted by atomic mass is 14.3. The molecule has 0 saturated heterocycles. The Morgan fingerprint density at radius 2 is 1.33 bits per heavy atom. The summed E-state index contributed by atoms with van der Waals surface area (Å²) in [6.07, 6.45) is 14.5. The second-order valence-corrected chi connectivity index (χ2v) is 8.52. The quantitative estimate of drug-likeness (QED) is 0.319. The van der Waals surface area contributed by atoms with E-state index < -0.39 is 0 Å². The highest BCUT2D eigenvalue weighted by molar-refractivity contribution is 5.82. The molecule has 0 spiro atoms. The molecule has 3 rings (SSSR count). The predicted molar refractivity (Wildman–Crippen MR) is 120 cm³/mol. The van der Waals surface area contributed by atoms with E-state index in [4.69, 9.17) is 0 Å². The molecule has 2 aromatic rings. The molecule has 0 N–H and O–H groups in total. The molecule has 27 heavy (non-hydrogen) atoms. The van der Waals surface area contributed by atoms with Crippen molar-refractivity contribution in [1.29, 1.82) is 0 Å². The summed E-state index contributed by atoms with van der Waals surface area (Å²) in [5, 5.41) is 0. The van der Waals surface area contributed by atoms with Gasteiger partial charge >= 0.3 is 0 Å². The van der Waals surface area contributed by atoms with Gasteiger partial charge in [-0.1, -0.05) is 76.6 Å². The zero-order valence-corrected chi connectivity index (χ0v) is 18.1. The maximum absolute atomic E-state index is 2.39. The molecule has 1 aliphatic rings. The zero-order chi connectivity index (χ0) is 19.2. The van der Waals surface area contributed by atoms with Gasteiger partial charge in [-0.3, -0.25) is 0 Å². The average molecular weight is 363 g/mol. The second kappa shape index (κ2) is 9.58. The van der Waals surface area contributed by atoms with Crippen LogP contribution in [0.15, 0.2) is 24.3 Å². The Bertz CT molecular complexity index is 766. The van der Waals surface area contributed by atoms with E-state index in [2.05, 4.69) is 52.0 Å². The summed E-state index contributed by atoms with van der Waals surface area (Å²) in [6, 6.07) is 9.10. The number of benzene rings is 2. The van der Waals surface area contributed by atoms with Crippen molar-refractivity contribution in [3.8, 4) is 11.1 Å². The van der Waals surface area contributed by atoms with Crippen molar-refractivity contribution >= 4 is 0 Å². The lowest BCUT2D eigenvalue weighted by Gasteiger charge is -2.21. The molecule has 0 atom stereocenters. The first-order valence-corrected chi connectivity index (χ1v) is 11.4. The van der Waals surface area contributed by atoms with E-state index in [1.165, 1.54) is 80.9 Å². The standard InChI is InChI=1S/C27H38/c1-5-7-9-11-16-23-20(3)21(4)27-24-17-14-13-15-22(24)19-26(27)25(23)18-12-10-8-6-2/h13-15,17H,5-12,16,18-19H2,1-4H3. The summed E-state index contributed by atoms with van der Waals surface area (Å²) in [5.74, 6) is 0. The van der Waals surface area contributed by atoms with Crippen LogP contribution in [0.25, 0.3) is 11.1 Å². The Hall–Kier alpha value is -1.56. The monoisotopic (exact) mass is 362 g/mol. The lowest BCUT2D eigenvalue weighted by atomic mass is 9.83. The van der Waals surface area contributed by atoms with Crippen molar-refractivity contribution in [2.24, 2.45) is 0 Å². The third-order valence-electron chi connectivity index (χ3n) is 6.64. The van der Waals surface area contributed by atoms with E-state index in [0.717, 1.165) is 6.42 Å². The van der Waals surface area contributed by atoms with Gasteiger partial charge in [-0.2, -0.15) is 0 Å². The molecule has 2 aromatic carbocycles. The fourth-order valence-electron chi connectivity index (χ4n) is 4.97. The van der Waals surface area contributed by atoms with Gasteiger partial charge < -0.3 is 0 Å². The fourth-order valence-corrected chi connectivity index (χ4v) is 4.97. The molecule has 0 amide bonds. The normalized spacial score (nSPS) is 12.3. The van der Waals surface area contributed by atoms with E-state index in [9.17, 15) is 0 Å². The number of hydrogen-bond acceptors (Lipinski definition) is 0. The summed E-state index contributed by atoms with van der Waals surface area (Å²) in [6.45, 7) is 9.37. The smallest absolute Gasteiger partial charge is 0.00105 e. The van der Waals surface area contributed by atoms with Crippen molar-refractivity contribution in [3.05, 3.63) is 57.6 Å². The van der Waals surface area contributed by atoms with Gasteiger partial charge in [0.1, 0.15) is 0 Å². The molecule has 0 fully saturated rings. The van der Waals surface area contributed by atoms with Crippen LogP contribution in [0.5, 0.6) is 0 Å². The fraction of sp³-hybridized carbons (Fsp3) is 0.556. The minimum atomic E-state index is 1.15. The van der Waals surface area contributed by atoms with Crippen LogP contribution in [0.1, 0.15) is 98.6 Å². The van der Waals surface area contributed by atoms with E-state index in [1.807, 2.05) is 0 Å². The Kier molecular flexibility index (Phi) is 7.16. The highest BCUT2D eigenvalue weighted by Crippen LogP contribution is 2.44. The van der Waals surface area contributed by atoms with Crippen molar-refractivity contribution in [1.82, 2.24) is 0 Å². The SMILES string of the molecule is CCCCCCc1c(C)c(C)c2c(c1CCCCCC)Cc1ccccc1-2. The third-order valence-corrected chi connectivity index (χ3v) is 6.64. The summed E-state index contributed by atoms with van der Waals surface area (Å²) >= 11 is 0. The maximum atomic E-state index is 2.39. The van der Waals surface area contributed by atoms with Gasteiger partial charge in [0.2, 0.25) is 0 Å². The van der Waals surface area contributed by atoms with Gasteiger partial charge in [0.05, 0.1) is 0 Å². The summed E-state index contributed by atoms with van der Waals surface area (Å²) in [4.78, 5) is 0. The molecular weight excluding hydrogens is 324 g/mol. The van der Waals surface area contributed by atoms with Crippen LogP contribution < -0.4 is 0 Å². The first-order chi connectivity index (χ1) is 13.2. The first kappa shape index (κ1) is 20.2. The topological polar surface area (TPSA) is 0 Å². The molecule has 0 aromatic heterocycles. The predicted octanol–water partition coefficient (Wildman–Crippen LogP) is 8.12. The minimum absolute atomic E-state index is 1.15. The van der Waals surface area contributed by atoms with E-state index in [0.29, 0.717) is 0 Å². The molecule has 0 bridgehead atoms. The molecule has 0 heteroatoms. The van der Waals surface area contributed by atoms with E-state index in [1.54, 1.807) is 27.8 Å². The molecule has 1 aliphatic carbocycles. The molecule has 146 valence electrons. The van der Waals surface area contributed by atoms with Crippen LogP contribution in [-0.4, -0.2) is 0 Å². The Morgan fingerprint density at radius 3 is 2.00 bits per heavy atom. The third kappa shape index (κ3) is 4.31. The van der Waals surface area contributed by atoms with Crippen molar-refractivity contribution < 1.29 is 0 Å². The van der Waals surface area contributed by atoms with Gasteiger partial charge in [0.25, 0.3) is 0 Å². The van der Waals surface area contributed by atoms with Gasteiger partial charge in [-0.15, -0.1) is 0 Å². The van der Waals surface area contributed by atoms with Gasteiger partial charge in [-0.25, -0.2) is 0 Å². The number of fused-ring (bicyclic) bond motifs is 3. The molecular formula is C27H38. The Balaban J connectivity index is 1.97. The van der Waals surface area contributed by atoms with Gasteiger partial charge in [0, 0.05) is 0 Å². The van der Waals surface area contributed by atoms with Crippen molar-refractivity contribution in [2.75, 3.05) is 0 Å². The molecule has 0 nitrogen and oxygen atoms in total. The number of unbranched alkanes of at least 4 members (excludes halogenated alkanes) is 6. The maximum Gasteiger partial charge on any atom is -0.00105 e. The lowest BCUT2D eigenvalue weighted by Crippen LogP contribution is -2.06. The first-order valence-electron chi connectivity index (χ1n) is 11.4. The van der Waals surface area contributed by atoms with Crippen LogP contribution in [0.2, 0.25) is 0 Å². The number of hydrogen-bond donors (Lipinski definition) is 0. The van der Waals surface area contributed by atoms with Crippen LogP contribution >= 0.6 is 0 Å². The van der Waals surface area contributed by atoms with Crippen LogP contribution in [0, 0.1) is 13.8 Å². The molecule has 0 aliphatic heterocycles.